The summed E-state index contributed by atoms with van der Waals surface area (Å²) in [6.07, 6.45) is -0.910. The second-order valence-electron chi connectivity index (χ2n) is 12.0. The van der Waals surface area contributed by atoms with Crippen LogP contribution in [0.5, 0.6) is 11.5 Å². The molecule has 1 aliphatic heterocycles. The smallest absolute Gasteiger partial charge is 0.404 e. The average Bonchev–Trinajstić information content (AvgIpc) is 3.77. The van der Waals surface area contributed by atoms with E-state index in [4.69, 9.17) is 9.97 Å². The SMILES string of the molecule is CCC(=O)N[C@H]1C[C@@H](n2cnc3c(NCC(c4ccc(O)cc4)c4ccc(O)cc4)nc(N4CC[C@@H](NC(=O)O)C4)nc32)[C@H](O)[C@@H]1O. The molecule has 2 aliphatic rings. The number of aromatic hydroxyl groups is 2. The number of aliphatic hydroxyl groups is 2. The summed E-state index contributed by atoms with van der Waals surface area (Å²) in [5.74, 6) is 0.559. The summed E-state index contributed by atoms with van der Waals surface area (Å²) in [7, 11) is 0. The fourth-order valence-corrected chi connectivity index (χ4v) is 6.42. The first kappa shape index (κ1) is 31.8. The van der Waals surface area contributed by atoms with Gasteiger partial charge >= 0.3 is 6.09 Å². The first-order chi connectivity index (χ1) is 22.6. The zero-order valence-corrected chi connectivity index (χ0v) is 25.7. The van der Waals surface area contributed by atoms with Crippen molar-refractivity contribution in [2.24, 2.45) is 0 Å². The molecule has 2 aromatic heterocycles. The van der Waals surface area contributed by atoms with Crippen LogP contribution in [0.25, 0.3) is 11.2 Å². The summed E-state index contributed by atoms with van der Waals surface area (Å²) in [6, 6.07) is 12.1. The Morgan fingerprint density at radius 1 is 0.957 bits per heavy atom. The molecule has 3 heterocycles. The van der Waals surface area contributed by atoms with Crippen molar-refractivity contribution >= 4 is 34.9 Å². The summed E-state index contributed by atoms with van der Waals surface area (Å²) in [4.78, 5) is 39.5. The Kier molecular flexibility index (Phi) is 9.00. The molecule has 0 unspecified atom stereocenters. The largest absolute Gasteiger partial charge is 0.508 e. The van der Waals surface area contributed by atoms with E-state index < -0.39 is 30.4 Å². The molecule has 0 bridgehead atoms. The predicted octanol–water partition coefficient (Wildman–Crippen LogP) is 1.89. The van der Waals surface area contributed by atoms with Gasteiger partial charge in [0, 0.05) is 32.0 Å². The number of benzene rings is 2. The van der Waals surface area contributed by atoms with Crippen LogP contribution >= 0.6 is 0 Å². The number of carbonyl (C=O) groups excluding carboxylic acids is 1. The number of rotatable bonds is 10. The maximum atomic E-state index is 12.1. The van der Waals surface area contributed by atoms with Gasteiger partial charge in [0.1, 0.15) is 23.7 Å². The molecule has 1 saturated carbocycles. The molecule has 15 heteroatoms. The Bertz CT molecular complexity index is 1690. The number of carboxylic acid groups (broad SMARTS) is 1. The minimum atomic E-state index is -1.20. The first-order valence-electron chi connectivity index (χ1n) is 15.6. The number of nitrogens with zero attached hydrogens (tertiary/aromatic N) is 5. The molecule has 0 spiro atoms. The molecule has 5 atom stereocenters. The summed E-state index contributed by atoms with van der Waals surface area (Å²) in [6.45, 7) is 2.91. The van der Waals surface area contributed by atoms with Gasteiger partial charge in [-0.3, -0.25) is 4.79 Å². The fourth-order valence-electron chi connectivity index (χ4n) is 6.42. The van der Waals surface area contributed by atoms with Crippen LogP contribution in [-0.2, 0) is 4.79 Å². The van der Waals surface area contributed by atoms with Gasteiger partial charge in [-0.1, -0.05) is 31.2 Å². The number of hydrogen-bond acceptors (Lipinski definition) is 11. The highest BCUT2D eigenvalue weighted by molar-refractivity contribution is 5.84. The summed E-state index contributed by atoms with van der Waals surface area (Å²) in [5.41, 5.74) is 2.63. The van der Waals surface area contributed by atoms with Gasteiger partial charge in [-0.05, 0) is 48.2 Å². The zero-order chi connectivity index (χ0) is 33.2. The number of phenols is 2. The summed E-state index contributed by atoms with van der Waals surface area (Å²) >= 11 is 0. The van der Waals surface area contributed by atoms with E-state index in [1.807, 2.05) is 29.2 Å². The van der Waals surface area contributed by atoms with Crippen LogP contribution in [0, 0.1) is 0 Å². The average molecular weight is 647 g/mol. The van der Waals surface area contributed by atoms with E-state index in [2.05, 4.69) is 20.9 Å². The number of anilines is 2. The Balaban J connectivity index is 1.36. The van der Waals surface area contributed by atoms with Crippen LogP contribution < -0.4 is 20.9 Å². The topological polar surface area (TPSA) is 218 Å². The number of carbonyl (C=O) groups is 2. The Morgan fingerprint density at radius 2 is 1.62 bits per heavy atom. The monoisotopic (exact) mass is 646 g/mol. The normalized spacial score (nSPS) is 22.6. The Labute approximate surface area is 269 Å². The number of imidazole rings is 1. The standard InChI is InChI=1S/C32H38N8O7/c1-2-25(43)36-23-13-24(28(45)27(23)44)40-16-34-26-29(37-31(38-30(26)40)39-12-11-19(15-39)35-32(46)47)33-14-22(17-3-7-20(41)8-4-17)18-5-9-21(42)10-6-18/h3-10,16,19,22-24,27-28,35,41-42,44-45H,2,11-15H2,1H3,(H,36,43)(H,46,47)(H,33,37,38)/t19-,23+,24-,27-,28+/m1/s1. The summed E-state index contributed by atoms with van der Waals surface area (Å²) in [5, 5.41) is 59.6. The molecule has 0 radical (unpaired) electrons. The number of nitrogens with one attached hydrogen (secondary N) is 3. The highest BCUT2D eigenvalue weighted by atomic mass is 16.4. The zero-order valence-electron chi connectivity index (χ0n) is 25.7. The van der Waals surface area contributed by atoms with Gasteiger partial charge in [0.2, 0.25) is 11.9 Å². The van der Waals surface area contributed by atoms with Crippen molar-refractivity contribution in [1.29, 1.82) is 0 Å². The van der Waals surface area contributed by atoms with E-state index in [0.717, 1.165) is 11.1 Å². The van der Waals surface area contributed by atoms with Crippen molar-refractivity contribution in [2.45, 2.75) is 62.4 Å². The van der Waals surface area contributed by atoms with E-state index in [1.165, 1.54) is 6.33 Å². The first-order valence-corrected chi connectivity index (χ1v) is 15.6. The minimum Gasteiger partial charge on any atom is -0.508 e. The van der Waals surface area contributed by atoms with E-state index in [-0.39, 0.29) is 42.2 Å². The van der Waals surface area contributed by atoms with Crippen molar-refractivity contribution in [3.05, 3.63) is 66.0 Å². The number of amides is 2. The molecular weight excluding hydrogens is 608 g/mol. The van der Waals surface area contributed by atoms with Crippen molar-refractivity contribution in [3.8, 4) is 11.5 Å². The minimum absolute atomic E-state index is 0.135. The number of aromatic nitrogens is 4. The number of aliphatic hydroxyl groups excluding tert-OH is 2. The van der Waals surface area contributed by atoms with Gasteiger partial charge in [0.25, 0.3) is 0 Å². The molecule has 1 aliphatic carbocycles. The van der Waals surface area contributed by atoms with Gasteiger partial charge in [0.05, 0.1) is 24.5 Å². The number of phenolic OH excluding ortho intramolecular Hbond substituents is 2. The van der Waals surface area contributed by atoms with E-state index >= 15 is 0 Å². The lowest BCUT2D eigenvalue weighted by Crippen LogP contribution is -2.42. The number of hydrogen-bond donors (Lipinski definition) is 8. The lowest BCUT2D eigenvalue weighted by atomic mass is 9.91. The van der Waals surface area contributed by atoms with E-state index in [0.29, 0.717) is 49.0 Å². The van der Waals surface area contributed by atoms with Crippen LogP contribution in [0.3, 0.4) is 0 Å². The van der Waals surface area contributed by atoms with Gasteiger partial charge in [-0.2, -0.15) is 9.97 Å². The number of fused-ring (bicyclic) bond motifs is 1. The lowest BCUT2D eigenvalue weighted by molar-refractivity contribution is -0.122. The lowest BCUT2D eigenvalue weighted by Gasteiger charge is -2.22. The Hall–Kier alpha value is -5.15. The molecule has 6 rings (SSSR count). The second kappa shape index (κ2) is 13.3. The van der Waals surface area contributed by atoms with Crippen molar-refractivity contribution in [1.82, 2.24) is 30.2 Å². The molecule has 8 N–H and O–H groups in total. The molecule has 2 amide bonds. The highest BCUT2D eigenvalue weighted by Crippen LogP contribution is 2.36. The molecule has 4 aromatic rings. The van der Waals surface area contributed by atoms with Crippen molar-refractivity contribution < 1.29 is 35.1 Å². The molecule has 1 saturated heterocycles. The maximum absolute atomic E-state index is 12.1. The fraction of sp³-hybridized carbons (Fsp3) is 0.406. The van der Waals surface area contributed by atoms with Crippen LogP contribution in [0.15, 0.2) is 54.9 Å². The molecule has 2 fully saturated rings. The van der Waals surface area contributed by atoms with Gasteiger partial charge < -0.3 is 51.0 Å². The molecule has 248 valence electrons. The molecule has 2 aromatic carbocycles. The third-order valence-electron chi connectivity index (χ3n) is 8.95. The van der Waals surface area contributed by atoms with Gasteiger partial charge in [-0.15, -0.1) is 0 Å². The molecular formula is C32H38N8O7. The van der Waals surface area contributed by atoms with Crippen LogP contribution in [0.2, 0.25) is 0 Å². The third-order valence-corrected chi connectivity index (χ3v) is 8.95. The van der Waals surface area contributed by atoms with Crippen LogP contribution in [0.1, 0.15) is 49.3 Å². The predicted molar refractivity (Wildman–Crippen MR) is 172 cm³/mol. The second-order valence-corrected chi connectivity index (χ2v) is 12.0. The maximum Gasteiger partial charge on any atom is 0.404 e. The van der Waals surface area contributed by atoms with Crippen LogP contribution in [0.4, 0.5) is 16.6 Å². The van der Waals surface area contributed by atoms with E-state index in [9.17, 15) is 35.1 Å². The van der Waals surface area contributed by atoms with E-state index in [1.54, 1.807) is 35.8 Å². The third kappa shape index (κ3) is 6.71. The molecule has 15 nitrogen and oxygen atoms in total. The van der Waals surface area contributed by atoms with Crippen molar-refractivity contribution in [3.63, 3.8) is 0 Å². The van der Waals surface area contributed by atoms with Crippen molar-refractivity contribution in [2.75, 3.05) is 29.9 Å². The van der Waals surface area contributed by atoms with Gasteiger partial charge in [0.15, 0.2) is 17.0 Å². The Morgan fingerprint density at radius 3 is 2.23 bits per heavy atom. The molecule has 47 heavy (non-hydrogen) atoms. The highest BCUT2D eigenvalue weighted by Gasteiger charge is 2.44. The summed E-state index contributed by atoms with van der Waals surface area (Å²) < 4.78 is 1.69. The van der Waals surface area contributed by atoms with Gasteiger partial charge in [-0.25, -0.2) is 9.78 Å². The quantitative estimate of drug-likeness (QED) is 0.124. The van der Waals surface area contributed by atoms with Crippen LogP contribution in [-0.4, -0.2) is 101 Å².